The summed E-state index contributed by atoms with van der Waals surface area (Å²) in [5.41, 5.74) is 3.20. The fraction of sp³-hybridized carbons (Fsp3) is 0.167. The number of thioether (sulfide) groups is 1. The number of hydrogen-bond donors (Lipinski definition) is 0. The van der Waals surface area contributed by atoms with E-state index in [2.05, 4.69) is 18.0 Å². The largest absolute Gasteiger partial charge is 0.497 e. The Balaban J connectivity index is 1.85. The van der Waals surface area contributed by atoms with Crippen molar-refractivity contribution < 1.29 is 9.13 Å². The van der Waals surface area contributed by atoms with Gasteiger partial charge in [0.15, 0.2) is 0 Å². The van der Waals surface area contributed by atoms with Crippen LogP contribution in [0, 0.1) is 12.7 Å². The Morgan fingerprint density at radius 2 is 1.86 bits per heavy atom. The maximum absolute atomic E-state index is 12.9. The third kappa shape index (κ3) is 3.22. The lowest BCUT2D eigenvalue weighted by Gasteiger charge is -2.08. The minimum absolute atomic E-state index is 0.208. The highest BCUT2D eigenvalue weighted by Gasteiger charge is 2.05. The van der Waals surface area contributed by atoms with Gasteiger partial charge in [-0.15, -0.1) is 11.8 Å². The molecule has 4 heteroatoms. The zero-order chi connectivity index (χ0) is 15.5. The predicted octanol–water partition coefficient (Wildman–Crippen LogP) is 4.98. The summed E-state index contributed by atoms with van der Waals surface area (Å²) in [5.74, 6) is 1.36. The molecule has 2 nitrogen and oxygen atoms in total. The maximum atomic E-state index is 12.9. The van der Waals surface area contributed by atoms with Crippen LogP contribution in [0.25, 0.3) is 10.9 Å². The van der Waals surface area contributed by atoms with E-state index in [1.165, 1.54) is 17.7 Å². The molecule has 0 spiro atoms. The van der Waals surface area contributed by atoms with Gasteiger partial charge in [0.25, 0.3) is 0 Å². The van der Waals surface area contributed by atoms with Gasteiger partial charge in [0.2, 0.25) is 0 Å². The molecule has 0 unspecified atom stereocenters. The second-order valence-corrected chi connectivity index (χ2v) is 6.07. The molecule has 2 aromatic carbocycles. The molecule has 3 aromatic rings. The van der Waals surface area contributed by atoms with E-state index in [-0.39, 0.29) is 5.82 Å². The number of methoxy groups -OCH3 is 1. The number of aromatic nitrogens is 1. The van der Waals surface area contributed by atoms with Gasteiger partial charge in [-0.2, -0.15) is 0 Å². The second-order valence-electron chi connectivity index (χ2n) is 5.08. The first kappa shape index (κ1) is 14.9. The van der Waals surface area contributed by atoms with Crippen LogP contribution in [-0.2, 0) is 5.75 Å². The lowest BCUT2D eigenvalue weighted by Crippen LogP contribution is -1.90. The lowest BCUT2D eigenvalue weighted by atomic mass is 10.1. The van der Waals surface area contributed by atoms with Crippen LogP contribution >= 0.6 is 11.8 Å². The average molecular weight is 313 g/mol. The molecule has 1 aromatic heterocycles. The summed E-state index contributed by atoms with van der Waals surface area (Å²) in [6.45, 7) is 2.08. The van der Waals surface area contributed by atoms with Crippen LogP contribution < -0.4 is 4.74 Å². The Hall–Kier alpha value is -2.07. The number of hydrogen-bond acceptors (Lipinski definition) is 3. The first-order valence-electron chi connectivity index (χ1n) is 6.98. The van der Waals surface area contributed by atoms with Gasteiger partial charge in [-0.05, 0) is 48.4 Å². The number of fused-ring (bicyclic) bond motifs is 1. The van der Waals surface area contributed by atoms with Crippen molar-refractivity contribution in [3.05, 3.63) is 65.5 Å². The molecule has 0 aliphatic rings. The van der Waals surface area contributed by atoms with E-state index in [4.69, 9.17) is 4.74 Å². The summed E-state index contributed by atoms with van der Waals surface area (Å²) in [6, 6.07) is 14.6. The number of benzene rings is 2. The van der Waals surface area contributed by atoms with Crippen molar-refractivity contribution in [3.63, 3.8) is 0 Å². The van der Waals surface area contributed by atoms with E-state index in [1.54, 1.807) is 31.0 Å². The SMILES string of the molecule is COc1ccc2c(C)cc(SCc3ccc(F)cc3)nc2c1. The summed E-state index contributed by atoms with van der Waals surface area (Å²) in [6.07, 6.45) is 0. The highest BCUT2D eigenvalue weighted by Crippen LogP contribution is 2.28. The number of aryl methyl sites for hydroxylation is 1. The molecule has 0 aliphatic heterocycles. The Bertz CT molecular complexity index is 802. The molecule has 1 heterocycles. The van der Waals surface area contributed by atoms with Gasteiger partial charge in [0, 0.05) is 17.2 Å². The Morgan fingerprint density at radius 3 is 2.59 bits per heavy atom. The van der Waals surface area contributed by atoms with Crippen LogP contribution in [0.1, 0.15) is 11.1 Å². The van der Waals surface area contributed by atoms with Crippen LogP contribution in [0.4, 0.5) is 4.39 Å². The number of ether oxygens (including phenoxy) is 1. The zero-order valence-electron chi connectivity index (χ0n) is 12.5. The smallest absolute Gasteiger partial charge is 0.123 e. The van der Waals surface area contributed by atoms with Crippen LogP contribution in [0.2, 0.25) is 0 Å². The van der Waals surface area contributed by atoms with Gasteiger partial charge < -0.3 is 4.74 Å². The molecule has 0 bridgehead atoms. The van der Waals surface area contributed by atoms with Gasteiger partial charge in [0.1, 0.15) is 11.6 Å². The van der Waals surface area contributed by atoms with Gasteiger partial charge >= 0.3 is 0 Å². The van der Waals surface area contributed by atoms with Crippen LogP contribution in [0.5, 0.6) is 5.75 Å². The summed E-state index contributed by atoms with van der Waals surface area (Å²) in [7, 11) is 1.65. The van der Waals surface area contributed by atoms with Crippen molar-refractivity contribution in [2.24, 2.45) is 0 Å². The molecule has 22 heavy (non-hydrogen) atoms. The molecule has 3 rings (SSSR count). The topological polar surface area (TPSA) is 22.1 Å². The molecule has 0 saturated carbocycles. The van der Waals surface area contributed by atoms with E-state index in [9.17, 15) is 4.39 Å². The van der Waals surface area contributed by atoms with E-state index in [0.29, 0.717) is 0 Å². The molecule has 0 amide bonds. The van der Waals surface area contributed by atoms with Crippen molar-refractivity contribution in [2.45, 2.75) is 17.7 Å². The molecule has 0 fully saturated rings. The third-order valence-corrected chi connectivity index (χ3v) is 4.48. The molecule has 0 N–H and O–H groups in total. The minimum atomic E-state index is -0.208. The average Bonchev–Trinajstić information content (AvgIpc) is 2.54. The lowest BCUT2D eigenvalue weighted by molar-refractivity contribution is 0.415. The molecular formula is C18H16FNOS. The Kier molecular flexibility index (Phi) is 4.29. The molecule has 0 saturated heterocycles. The fourth-order valence-corrected chi connectivity index (χ4v) is 3.22. The first-order chi connectivity index (χ1) is 10.7. The van der Waals surface area contributed by atoms with Crippen LogP contribution in [0.3, 0.4) is 0 Å². The number of nitrogens with zero attached hydrogens (tertiary/aromatic N) is 1. The molecule has 0 aliphatic carbocycles. The highest BCUT2D eigenvalue weighted by molar-refractivity contribution is 7.98. The molecule has 112 valence electrons. The monoisotopic (exact) mass is 313 g/mol. The molecular weight excluding hydrogens is 297 g/mol. The van der Waals surface area contributed by atoms with E-state index in [0.717, 1.165) is 33.0 Å². The number of rotatable bonds is 4. The maximum Gasteiger partial charge on any atom is 0.123 e. The summed E-state index contributed by atoms with van der Waals surface area (Å²) in [4.78, 5) is 4.69. The van der Waals surface area contributed by atoms with Gasteiger partial charge in [-0.3, -0.25) is 0 Å². The van der Waals surface area contributed by atoms with Crippen molar-refractivity contribution in [1.29, 1.82) is 0 Å². The second kappa shape index (κ2) is 6.36. The minimum Gasteiger partial charge on any atom is -0.497 e. The standard InChI is InChI=1S/C18H16FNOS/c1-12-9-18(22-11-13-3-5-14(19)6-4-13)20-17-10-15(21-2)7-8-16(12)17/h3-10H,11H2,1-2H3. The Labute approximate surface area is 133 Å². The van der Waals surface area contributed by atoms with Crippen LogP contribution in [-0.4, -0.2) is 12.1 Å². The van der Waals surface area contributed by atoms with Gasteiger partial charge in [-0.1, -0.05) is 12.1 Å². The summed E-state index contributed by atoms with van der Waals surface area (Å²) >= 11 is 1.65. The normalized spacial score (nSPS) is 10.9. The Morgan fingerprint density at radius 1 is 1.09 bits per heavy atom. The quantitative estimate of drug-likeness (QED) is 0.634. The van der Waals surface area contributed by atoms with Crippen molar-refractivity contribution in [2.75, 3.05) is 7.11 Å². The molecule has 0 atom stereocenters. The first-order valence-corrected chi connectivity index (χ1v) is 7.97. The van der Waals surface area contributed by atoms with E-state index >= 15 is 0 Å². The fourth-order valence-electron chi connectivity index (χ4n) is 2.29. The van der Waals surface area contributed by atoms with Crippen molar-refractivity contribution >= 4 is 22.7 Å². The van der Waals surface area contributed by atoms with E-state index < -0.39 is 0 Å². The zero-order valence-corrected chi connectivity index (χ0v) is 13.3. The molecule has 0 radical (unpaired) electrons. The van der Waals surface area contributed by atoms with Gasteiger partial charge in [-0.25, -0.2) is 9.37 Å². The van der Waals surface area contributed by atoms with Crippen LogP contribution in [0.15, 0.2) is 53.6 Å². The van der Waals surface area contributed by atoms with Crippen molar-refractivity contribution in [3.8, 4) is 5.75 Å². The predicted molar refractivity (Wildman–Crippen MR) is 89.0 cm³/mol. The third-order valence-electron chi connectivity index (χ3n) is 3.50. The summed E-state index contributed by atoms with van der Waals surface area (Å²) in [5, 5.41) is 2.09. The number of pyridine rings is 1. The highest BCUT2D eigenvalue weighted by atomic mass is 32.2. The van der Waals surface area contributed by atoms with E-state index in [1.807, 2.05) is 18.2 Å². The van der Waals surface area contributed by atoms with Gasteiger partial charge in [0.05, 0.1) is 17.7 Å². The summed E-state index contributed by atoms with van der Waals surface area (Å²) < 4.78 is 18.2. The van der Waals surface area contributed by atoms with Crippen molar-refractivity contribution in [1.82, 2.24) is 4.98 Å². The number of halogens is 1.